The smallest absolute Gasteiger partial charge is 0.381 e. The van der Waals surface area contributed by atoms with Crippen molar-refractivity contribution in [2.75, 3.05) is 14.2 Å². The SMILES string of the molecule is COC(CC(C)(O)C(F)(F)F)OC. The first-order valence-electron chi connectivity index (χ1n) is 3.59. The zero-order valence-electron chi connectivity index (χ0n) is 7.68. The van der Waals surface area contributed by atoms with Crippen molar-refractivity contribution in [2.24, 2.45) is 0 Å². The molecule has 0 heterocycles. The Labute approximate surface area is 74.4 Å². The molecule has 80 valence electrons. The molecule has 6 heteroatoms. The Morgan fingerprint density at radius 2 is 1.62 bits per heavy atom. The van der Waals surface area contributed by atoms with Crippen molar-refractivity contribution in [1.29, 1.82) is 0 Å². The highest BCUT2D eigenvalue weighted by atomic mass is 19.4. The maximum absolute atomic E-state index is 12.1. The summed E-state index contributed by atoms with van der Waals surface area (Å²) in [4.78, 5) is 0. The number of halogens is 3. The van der Waals surface area contributed by atoms with Crippen LogP contribution in [0.25, 0.3) is 0 Å². The van der Waals surface area contributed by atoms with Gasteiger partial charge in [0, 0.05) is 20.6 Å². The van der Waals surface area contributed by atoms with Crippen molar-refractivity contribution in [3.63, 3.8) is 0 Å². The lowest BCUT2D eigenvalue weighted by atomic mass is 10.0. The predicted octanol–water partition coefficient (Wildman–Crippen LogP) is 1.31. The summed E-state index contributed by atoms with van der Waals surface area (Å²) in [6.45, 7) is 0.679. The molecule has 0 rings (SSSR count). The number of hydrogen-bond donors (Lipinski definition) is 1. The molecule has 0 bridgehead atoms. The van der Waals surface area contributed by atoms with Gasteiger partial charge in [0.15, 0.2) is 11.9 Å². The van der Waals surface area contributed by atoms with E-state index < -0.39 is 24.5 Å². The molecule has 0 spiro atoms. The number of alkyl halides is 3. The summed E-state index contributed by atoms with van der Waals surface area (Å²) >= 11 is 0. The third kappa shape index (κ3) is 3.50. The van der Waals surface area contributed by atoms with E-state index in [0.29, 0.717) is 6.92 Å². The summed E-state index contributed by atoms with van der Waals surface area (Å²) < 4.78 is 45.4. The van der Waals surface area contributed by atoms with Crippen LogP contribution in [0.15, 0.2) is 0 Å². The van der Waals surface area contributed by atoms with Gasteiger partial charge in [0.1, 0.15) is 0 Å². The molecule has 0 fully saturated rings. The van der Waals surface area contributed by atoms with Gasteiger partial charge < -0.3 is 14.6 Å². The zero-order chi connectivity index (χ0) is 10.7. The fraction of sp³-hybridized carbons (Fsp3) is 1.00. The number of methoxy groups -OCH3 is 2. The van der Waals surface area contributed by atoms with Gasteiger partial charge in [0.25, 0.3) is 0 Å². The Morgan fingerprint density at radius 3 is 1.85 bits per heavy atom. The van der Waals surface area contributed by atoms with Crippen molar-refractivity contribution in [3.8, 4) is 0 Å². The first-order valence-corrected chi connectivity index (χ1v) is 3.59. The Kier molecular flexibility index (Phi) is 4.15. The molecule has 1 unspecified atom stereocenters. The second kappa shape index (κ2) is 4.26. The summed E-state index contributed by atoms with van der Waals surface area (Å²) in [7, 11) is 2.42. The maximum atomic E-state index is 12.1. The molecular weight excluding hydrogens is 189 g/mol. The van der Waals surface area contributed by atoms with Gasteiger partial charge in [-0.25, -0.2) is 0 Å². The summed E-state index contributed by atoms with van der Waals surface area (Å²) in [6.07, 6.45) is -6.39. The fourth-order valence-corrected chi connectivity index (χ4v) is 0.703. The van der Waals surface area contributed by atoms with Gasteiger partial charge >= 0.3 is 6.18 Å². The molecule has 0 aliphatic rings. The van der Waals surface area contributed by atoms with Crippen LogP contribution in [-0.4, -0.2) is 37.4 Å². The van der Waals surface area contributed by atoms with Crippen molar-refractivity contribution in [2.45, 2.75) is 31.4 Å². The van der Waals surface area contributed by atoms with E-state index in [0.717, 1.165) is 0 Å². The van der Waals surface area contributed by atoms with Gasteiger partial charge in [-0.15, -0.1) is 0 Å². The average molecular weight is 202 g/mol. The molecule has 1 N–H and O–H groups in total. The minimum absolute atomic E-state index is 0.649. The quantitative estimate of drug-likeness (QED) is 0.698. The monoisotopic (exact) mass is 202 g/mol. The molecule has 1 atom stereocenters. The minimum Gasteiger partial charge on any atom is -0.381 e. The third-order valence-electron chi connectivity index (χ3n) is 1.70. The van der Waals surface area contributed by atoms with Crippen LogP contribution in [0.2, 0.25) is 0 Å². The highest BCUT2D eigenvalue weighted by molar-refractivity contribution is 4.82. The fourth-order valence-electron chi connectivity index (χ4n) is 0.703. The van der Waals surface area contributed by atoms with Crippen molar-refractivity contribution >= 4 is 0 Å². The first-order chi connectivity index (χ1) is 5.74. The number of ether oxygens (including phenoxy) is 2. The Hall–Kier alpha value is -0.330. The highest BCUT2D eigenvalue weighted by Crippen LogP contribution is 2.33. The van der Waals surface area contributed by atoms with Crippen LogP contribution < -0.4 is 0 Å². The molecule has 3 nitrogen and oxygen atoms in total. The minimum atomic E-state index is -4.68. The Bertz CT molecular complexity index is 152. The summed E-state index contributed by atoms with van der Waals surface area (Å²) in [5, 5.41) is 9.00. The Balaban J connectivity index is 4.31. The molecule has 0 aromatic rings. The summed E-state index contributed by atoms with van der Waals surface area (Å²) in [6, 6.07) is 0. The molecule has 0 aliphatic carbocycles. The first kappa shape index (κ1) is 12.7. The topological polar surface area (TPSA) is 38.7 Å². The van der Waals surface area contributed by atoms with Crippen LogP contribution in [0.4, 0.5) is 13.2 Å². The molecule has 0 aromatic carbocycles. The lowest BCUT2D eigenvalue weighted by Gasteiger charge is -2.28. The summed E-state index contributed by atoms with van der Waals surface area (Å²) in [5.74, 6) is 0. The van der Waals surface area contributed by atoms with Crippen LogP contribution in [0.1, 0.15) is 13.3 Å². The molecule has 0 amide bonds. The van der Waals surface area contributed by atoms with Crippen molar-refractivity contribution in [3.05, 3.63) is 0 Å². The molecule has 0 radical (unpaired) electrons. The van der Waals surface area contributed by atoms with E-state index in [9.17, 15) is 13.2 Å². The molecule has 0 saturated heterocycles. The second-order valence-corrected chi connectivity index (χ2v) is 2.88. The normalized spacial score (nSPS) is 17.5. The lowest BCUT2D eigenvalue weighted by Crippen LogP contribution is -2.45. The highest BCUT2D eigenvalue weighted by Gasteiger charge is 2.51. The maximum Gasteiger partial charge on any atom is 0.417 e. The van der Waals surface area contributed by atoms with Gasteiger partial charge in [-0.1, -0.05) is 0 Å². The van der Waals surface area contributed by atoms with E-state index in [1.165, 1.54) is 14.2 Å². The zero-order valence-corrected chi connectivity index (χ0v) is 7.68. The molecule has 0 saturated carbocycles. The van der Waals surface area contributed by atoms with E-state index in [2.05, 4.69) is 9.47 Å². The number of aliphatic hydroxyl groups is 1. The standard InChI is InChI=1S/C7H13F3O3/c1-6(11,7(8,9)10)4-5(12-2)13-3/h5,11H,4H2,1-3H3. The molecule has 0 aliphatic heterocycles. The van der Waals surface area contributed by atoms with Gasteiger partial charge in [0.2, 0.25) is 0 Å². The lowest BCUT2D eigenvalue weighted by molar-refractivity contribution is -0.274. The molecule has 0 aromatic heterocycles. The van der Waals surface area contributed by atoms with Crippen LogP contribution in [0, 0.1) is 0 Å². The predicted molar refractivity (Wildman–Crippen MR) is 39.1 cm³/mol. The van der Waals surface area contributed by atoms with E-state index in [1.54, 1.807) is 0 Å². The molecular formula is C7H13F3O3. The van der Waals surface area contributed by atoms with Crippen molar-refractivity contribution < 1.29 is 27.8 Å². The third-order valence-corrected chi connectivity index (χ3v) is 1.70. The average Bonchev–Trinajstić information content (AvgIpc) is 1.98. The number of rotatable bonds is 4. The summed E-state index contributed by atoms with van der Waals surface area (Å²) in [5.41, 5.74) is -2.79. The van der Waals surface area contributed by atoms with Crippen LogP contribution in [0.5, 0.6) is 0 Å². The van der Waals surface area contributed by atoms with Crippen LogP contribution >= 0.6 is 0 Å². The second-order valence-electron chi connectivity index (χ2n) is 2.88. The van der Waals surface area contributed by atoms with E-state index in [-0.39, 0.29) is 0 Å². The van der Waals surface area contributed by atoms with E-state index in [1.807, 2.05) is 0 Å². The van der Waals surface area contributed by atoms with Gasteiger partial charge in [-0.2, -0.15) is 13.2 Å². The van der Waals surface area contributed by atoms with E-state index >= 15 is 0 Å². The van der Waals surface area contributed by atoms with Crippen LogP contribution in [0.3, 0.4) is 0 Å². The van der Waals surface area contributed by atoms with Crippen molar-refractivity contribution in [1.82, 2.24) is 0 Å². The largest absolute Gasteiger partial charge is 0.417 e. The van der Waals surface area contributed by atoms with Gasteiger partial charge in [-0.3, -0.25) is 0 Å². The van der Waals surface area contributed by atoms with E-state index in [4.69, 9.17) is 5.11 Å². The van der Waals surface area contributed by atoms with Crippen LogP contribution in [-0.2, 0) is 9.47 Å². The number of hydrogen-bond acceptors (Lipinski definition) is 3. The van der Waals surface area contributed by atoms with Gasteiger partial charge in [0.05, 0.1) is 0 Å². The molecule has 13 heavy (non-hydrogen) atoms. The van der Waals surface area contributed by atoms with Gasteiger partial charge in [-0.05, 0) is 6.92 Å². The Morgan fingerprint density at radius 1 is 1.23 bits per heavy atom.